The molecule has 0 aliphatic rings. The lowest BCUT2D eigenvalue weighted by Gasteiger charge is -2.18. The van der Waals surface area contributed by atoms with Crippen molar-refractivity contribution in [3.05, 3.63) is 24.3 Å². The fourth-order valence-corrected chi connectivity index (χ4v) is 2.83. The molecule has 0 atom stereocenters. The van der Waals surface area contributed by atoms with Crippen LogP contribution in [0.1, 0.15) is 13.8 Å². The highest BCUT2D eigenvalue weighted by molar-refractivity contribution is 7.89. The highest BCUT2D eigenvalue weighted by Crippen LogP contribution is 2.15. The van der Waals surface area contributed by atoms with Gasteiger partial charge in [-0.15, -0.1) is 0 Å². The highest BCUT2D eigenvalue weighted by atomic mass is 32.2. The van der Waals surface area contributed by atoms with Crippen LogP contribution in [0.25, 0.3) is 0 Å². The molecule has 0 saturated carbocycles. The van der Waals surface area contributed by atoms with E-state index in [1.54, 1.807) is 24.3 Å². The molecule has 0 spiro atoms. The van der Waals surface area contributed by atoms with Gasteiger partial charge in [-0.3, -0.25) is 0 Å². The summed E-state index contributed by atoms with van der Waals surface area (Å²) in [6, 6.07) is 6.60. The van der Waals surface area contributed by atoms with E-state index in [0.29, 0.717) is 18.0 Å². The van der Waals surface area contributed by atoms with Crippen LogP contribution in [0.15, 0.2) is 29.2 Å². The molecule has 0 aliphatic carbocycles. The van der Waals surface area contributed by atoms with E-state index in [1.165, 1.54) is 4.31 Å². The Morgan fingerprint density at radius 3 is 2.00 bits per heavy atom. The molecule has 0 saturated heterocycles. The molecule has 1 aromatic carbocycles. The first-order valence-corrected chi connectivity index (χ1v) is 6.38. The van der Waals surface area contributed by atoms with Crippen LogP contribution in [-0.4, -0.2) is 25.8 Å². The van der Waals surface area contributed by atoms with Gasteiger partial charge >= 0.3 is 0 Å². The summed E-state index contributed by atoms with van der Waals surface area (Å²) < 4.78 is 25.5. The topological polar surface area (TPSA) is 65.0 Å². The third-order valence-electron chi connectivity index (χ3n) is 2.27. The Kier molecular flexibility index (Phi) is 3.84. The summed E-state index contributed by atoms with van der Waals surface area (Å²) in [5.74, 6) is 0. The maximum Gasteiger partial charge on any atom is 0.243 e. The first kappa shape index (κ1) is 12.2. The van der Waals surface area contributed by atoms with Gasteiger partial charge in [0, 0.05) is 25.2 Å². The van der Waals surface area contributed by atoms with Crippen LogP contribution in [-0.2, 0) is 10.0 Å². The molecule has 3 N–H and O–H groups in total. The predicted molar refractivity (Wildman–Crippen MR) is 59.1 cm³/mol. The Morgan fingerprint density at radius 1 is 1.13 bits per heavy atom. The van der Waals surface area contributed by atoms with Gasteiger partial charge in [-0.1, -0.05) is 13.8 Å². The molecule has 0 aliphatic heterocycles. The van der Waals surface area contributed by atoms with Crippen LogP contribution in [0.5, 0.6) is 0 Å². The zero-order valence-electron chi connectivity index (χ0n) is 9.10. The molecule has 0 aromatic heterocycles. The van der Waals surface area contributed by atoms with Crippen molar-refractivity contribution < 1.29 is 14.2 Å². The molecule has 15 heavy (non-hydrogen) atoms. The van der Waals surface area contributed by atoms with Crippen LogP contribution in [0.2, 0.25) is 0 Å². The highest BCUT2D eigenvalue weighted by Gasteiger charge is 2.20. The Morgan fingerprint density at radius 2 is 1.60 bits per heavy atom. The van der Waals surface area contributed by atoms with Crippen molar-refractivity contribution >= 4 is 15.7 Å². The largest absolute Gasteiger partial charge is 0.325 e. The van der Waals surface area contributed by atoms with Crippen LogP contribution >= 0.6 is 0 Å². The van der Waals surface area contributed by atoms with Crippen molar-refractivity contribution in [2.45, 2.75) is 18.7 Å². The summed E-state index contributed by atoms with van der Waals surface area (Å²) in [5.41, 5.74) is 4.53. The van der Waals surface area contributed by atoms with Crippen molar-refractivity contribution in [3.63, 3.8) is 0 Å². The van der Waals surface area contributed by atoms with Crippen LogP contribution in [0, 0.1) is 0 Å². The van der Waals surface area contributed by atoms with Crippen molar-refractivity contribution in [2.24, 2.45) is 0 Å². The minimum atomic E-state index is -3.31. The minimum absolute atomic E-state index is 0.332. The Labute approximate surface area is 90.8 Å². The molecule has 5 heteroatoms. The number of rotatable bonds is 4. The Hall–Kier alpha value is -0.910. The maximum atomic E-state index is 12.0. The Bertz CT molecular complexity index is 408. The van der Waals surface area contributed by atoms with Gasteiger partial charge < -0.3 is 5.73 Å². The van der Waals surface area contributed by atoms with E-state index in [1.807, 2.05) is 13.8 Å². The molecule has 84 valence electrons. The van der Waals surface area contributed by atoms with Gasteiger partial charge in [-0.25, -0.2) is 8.42 Å². The lowest BCUT2D eigenvalue weighted by Crippen LogP contribution is -2.40. The van der Waals surface area contributed by atoms with Crippen molar-refractivity contribution in [1.82, 2.24) is 4.31 Å². The zero-order valence-corrected chi connectivity index (χ0v) is 9.92. The molecular formula is C10H17N2O2S+. The average Bonchev–Trinajstić information content (AvgIpc) is 2.19. The van der Waals surface area contributed by atoms with Gasteiger partial charge in [0.05, 0.1) is 4.90 Å². The molecule has 1 aromatic rings. The fourth-order valence-electron chi connectivity index (χ4n) is 1.37. The molecular weight excluding hydrogens is 212 g/mol. The summed E-state index contributed by atoms with van der Waals surface area (Å²) in [5, 5.41) is 0. The first-order chi connectivity index (χ1) is 7.02. The number of sulfonamides is 1. The Balaban J connectivity index is 3.11. The van der Waals surface area contributed by atoms with Crippen molar-refractivity contribution in [1.29, 1.82) is 0 Å². The van der Waals surface area contributed by atoms with Crippen molar-refractivity contribution in [3.8, 4) is 0 Å². The predicted octanol–water partition coefficient (Wildman–Crippen LogP) is 0.590. The molecule has 0 heterocycles. The normalized spacial score (nSPS) is 12.0. The summed E-state index contributed by atoms with van der Waals surface area (Å²) >= 11 is 0. The standard InChI is InChI=1S/C10H16N2O2S/c1-3-12(4-2)15(13,14)10-7-5-9(11)6-8-10/h5-8H,3-4,11H2,1-2H3/p+1. The molecule has 0 fully saturated rings. The van der Waals surface area contributed by atoms with Gasteiger partial charge in [0.2, 0.25) is 10.0 Å². The molecule has 4 nitrogen and oxygen atoms in total. The molecule has 1 rings (SSSR count). The summed E-state index contributed by atoms with van der Waals surface area (Å²) in [6.45, 7) is 4.64. The maximum absolute atomic E-state index is 12.0. The monoisotopic (exact) mass is 229 g/mol. The van der Waals surface area contributed by atoms with Gasteiger partial charge in [0.15, 0.2) is 0 Å². The zero-order chi connectivity index (χ0) is 11.5. The number of quaternary nitrogens is 1. The molecule has 0 radical (unpaired) electrons. The molecule has 0 amide bonds. The van der Waals surface area contributed by atoms with Crippen LogP contribution in [0.4, 0.5) is 5.69 Å². The third kappa shape index (κ3) is 2.56. The van der Waals surface area contributed by atoms with Gasteiger partial charge in [-0.2, -0.15) is 4.31 Å². The SMILES string of the molecule is CCN(CC)S(=O)(=O)c1ccc([NH3+])cc1. The van der Waals surface area contributed by atoms with E-state index in [2.05, 4.69) is 5.73 Å². The van der Waals surface area contributed by atoms with Gasteiger partial charge in [0.25, 0.3) is 0 Å². The number of hydrogen-bond donors (Lipinski definition) is 1. The number of benzene rings is 1. The average molecular weight is 229 g/mol. The van der Waals surface area contributed by atoms with Crippen LogP contribution in [0.3, 0.4) is 0 Å². The van der Waals surface area contributed by atoms with E-state index in [4.69, 9.17) is 0 Å². The number of nitrogens with zero attached hydrogens (tertiary/aromatic N) is 1. The van der Waals surface area contributed by atoms with Gasteiger partial charge in [-0.05, 0) is 12.1 Å². The van der Waals surface area contributed by atoms with E-state index in [9.17, 15) is 8.42 Å². The second-order valence-corrected chi connectivity index (χ2v) is 5.17. The van der Waals surface area contributed by atoms with Gasteiger partial charge in [0.1, 0.15) is 5.69 Å². The number of hydrogen-bond acceptors (Lipinski definition) is 2. The smallest absolute Gasteiger partial charge is 0.243 e. The van der Waals surface area contributed by atoms with E-state index in [0.717, 1.165) is 5.69 Å². The summed E-state index contributed by atoms with van der Waals surface area (Å²) in [7, 11) is -3.31. The lowest BCUT2D eigenvalue weighted by molar-refractivity contribution is -0.254. The summed E-state index contributed by atoms with van der Waals surface area (Å²) in [4.78, 5) is 0.332. The fraction of sp³-hybridized carbons (Fsp3) is 0.400. The summed E-state index contributed by atoms with van der Waals surface area (Å²) in [6.07, 6.45) is 0. The second kappa shape index (κ2) is 4.74. The third-order valence-corrected chi connectivity index (χ3v) is 4.33. The minimum Gasteiger partial charge on any atom is -0.325 e. The van der Waals surface area contributed by atoms with E-state index < -0.39 is 10.0 Å². The van der Waals surface area contributed by atoms with E-state index in [-0.39, 0.29) is 0 Å². The van der Waals surface area contributed by atoms with E-state index >= 15 is 0 Å². The van der Waals surface area contributed by atoms with Crippen molar-refractivity contribution in [2.75, 3.05) is 13.1 Å². The second-order valence-electron chi connectivity index (χ2n) is 3.23. The quantitative estimate of drug-likeness (QED) is 0.821. The van der Waals surface area contributed by atoms with Crippen LogP contribution < -0.4 is 5.73 Å². The lowest BCUT2D eigenvalue weighted by atomic mass is 10.3. The molecule has 0 bridgehead atoms. The first-order valence-electron chi connectivity index (χ1n) is 4.94. The molecule has 0 unspecified atom stereocenters.